The minimum absolute atomic E-state index is 0.0429. The molecule has 2 aliphatic heterocycles. The van der Waals surface area contributed by atoms with E-state index in [0.29, 0.717) is 38.5 Å². The molecule has 2 atom stereocenters. The van der Waals surface area contributed by atoms with Gasteiger partial charge in [-0.3, -0.25) is 9.59 Å². The van der Waals surface area contributed by atoms with Crippen LogP contribution in [0, 0.1) is 5.92 Å². The zero-order valence-electron chi connectivity index (χ0n) is 21.5. The van der Waals surface area contributed by atoms with Crippen LogP contribution in [0.2, 0.25) is 0 Å². The van der Waals surface area contributed by atoms with Crippen LogP contribution in [0.15, 0.2) is 60.7 Å². The molecule has 0 aliphatic carbocycles. The van der Waals surface area contributed by atoms with Crippen LogP contribution in [-0.4, -0.2) is 76.0 Å². The summed E-state index contributed by atoms with van der Waals surface area (Å²) in [7, 11) is 0. The van der Waals surface area contributed by atoms with Gasteiger partial charge in [-0.1, -0.05) is 81.4 Å². The summed E-state index contributed by atoms with van der Waals surface area (Å²) >= 11 is 0. The molecular formula is C28H37N5O3. The molecule has 192 valence electrons. The number of hydrogen-bond donors (Lipinski definition) is 1. The number of likely N-dealkylation sites (N-methyl/N-ethyl adjacent to an activating group) is 1. The number of nitrogens with one attached hydrogen (secondary N) is 1. The van der Waals surface area contributed by atoms with Crippen LogP contribution < -0.4 is 5.32 Å². The molecule has 8 heteroatoms. The number of hydrogen-bond acceptors (Lipinski definition) is 4. The molecule has 4 amide bonds. The fourth-order valence-corrected chi connectivity index (χ4v) is 4.97. The number of amides is 4. The van der Waals surface area contributed by atoms with Gasteiger partial charge >= 0.3 is 6.03 Å². The third-order valence-corrected chi connectivity index (χ3v) is 6.94. The Labute approximate surface area is 213 Å². The molecular weight excluding hydrogens is 454 g/mol. The number of rotatable bonds is 8. The summed E-state index contributed by atoms with van der Waals surface area (Å²) in [6.45, 7) is 8.07. The maximum atomic E-state index is 13.7. The van der Waals surface area contributed by atoms with E-state index >= 15 is 0 Å². The highest BCUT2D eigenvalue weighted by atomic mass is 16.2. The summed E-state index contributed by atoms with van der Waals surface area (Å²) in [5.41, 5.74) is 1.99. The van der Waals surface area contributed by atoms with Crippen molar-refractivity contribution in [2.75, 3.05) is 26.2 Å². The van der Waals surface area contributed by atoms with Crippen LogP contribution in [0.4, 0.5) is 4.79 Å². The fourth-order valence-electron chi connectivity index (χ4n) is 4.97. The Bertz CT molecular complexity index is 1050. The number of hydrazine groups is 1. The Kier molecular flexibility index (Phi) is 8.25. The van der Waals surface area contributed by atoms with Gasteiger partial charge in [0, 0.05) is 26.1 Å². The van der Waals surface area contributed by atoms with E-state index in [0.717, 1.165) is 17.5 Å². The first-order chi connectivity index (χ1) is 17.4. The van der Waals surface area contributed by atoms with E-state index in [1.165, 1.54) is 0 Å². The maximum Gasteiger partial charge on any atom is 0.334 e. The predicted octanol–water partition coefficient (Wildman–Crippen LogP) is 3.10. The Morgan fingerprint density at radius 2 is 1.64 bits per heavy atom. The van der Waals surface area contributed by atoms with E-state index < -0.39 is 12.2 Å². The molecule has 1 N–H and O–H groups in total. The van der Waals surface area contributed by atoms with Crippen molar-refractivity contribution < 1.29 is 14.4 Å². The van der Waals surface area contributed by atoms with Gasteiger partial charge in [0.25, 0.3) is 0 Å². The summed E-state index contributed by atoms with van der Waals surface area (Å²) in [4.78, 5) is 44.2. The number of carbonyl (C=O) groups excluding carboxylic acids is 3. The Balaban J connectivity index is 1.63. The molecule has 0 unspecified atom stereocenters. The average molecular weight is 492 g/mol. The molecule has 0 radical (unpaired) electrons. The molecule has 2 saturated heterocycles. The summed E-state index contributed by atoms with van der Waals surface area (Å²) < 4.78 is 0. The third-order valence-electron chi connectivity index (χ3n) is 6.94. The number of fused-ring (bicyclic) bond motifs is 1. The van der Waals surface area contributed by atoms with Crippen LogP contribution in [-0.2, 0) is 22.6 Å². The Morgan fingerprint density at radius 3 is 2.25 bits per heavy atom. The second-order valence-electron chi connectivity index (χ2n) is 9.92. The molecule has 36 heavy (non-hydrogen) atoms. The molecule has 2 fully saturated rings. The normalized spacial score (nSPS) is 20.6. The Hall–Kier alpha value is -3.39. The van der Waals surface area contributed by atoms with Crippen LogP contribution in [0.1, 0.15) is 38.3 Å². The number of nitrogens with zero attached hydrogens (tertiary/aromatic N) is 4. The van der Waals surface area contributed by atoms with Gasteiger partial charge in [-0.05, 0) is 23.5 Å². The average Bonchev–Trinajstić information content (AvgIpc) is 2.88. The number of carbonyl (C=O) groups is 3. The quantitative estimate of drug-likeness (QED) is 0.616. The summed E-state index contributed by atoms with van der Waals surface area (Å²) in [5.74, 6) is 0.277. The van der Waals surface area contributed by atoms with Crippen molar-refractivity contribution >= 4 is 17.8 Å². The number of benzene rings is 2. The minimum atomic E-state index is -0.644. The van der Waals surface area contributed by atoms with Crippen molar-refractivity contribution in [1.29, 1.82) is 0 Å². The van der Waals surface area contributed by atoms with Crippen LogP contribution >= 0.6 is 0 Å². The second-order valence-corrected chi connectivity index (χ2v) is 9.92. The van der Waals surface area contributed by atoms with Crippen LogP contribution in [0.25, 0.3) is 0 Å². The fraction of sp³-hybridized carbons (Fsp3) is 0.464. The highest BCUT2D eigenvalue weighted by Gasteiger charge is 2.50. The first kappa shape index (κ1) is 25.7. The molecule has 8 nitrogen and oxygen atoms in total. The second kappa shape index (κ2) is 11.6. The third kappa shape index (κ3) is 5.70. The molecule has 4 rings (SSSR count). The van der Waals surface area contributed by atoms with Gasteiger partial charge in [0.1, 0.15) is 12.2 Å². The number of urea groups is 1. The summed E-state index contributed by atoms with van der Waals surface area (Å²) in [6.07, 6.45) is 0.731. The van der Waals surface area contributed by atoms with E-state index in [4.69, 9.17) is 0 Å². The van der Waals surface area contributed by atoms with E-state index in [9.17, 15) is 14.4 Å². The smallest absolute Gasteiger partial charge is 0.334 e. The highest BCUT2D eigenvalue weighted by molar-refractivity contribution is 5.91. The molecule has 0 bridgehead atoms. The zero-order valence-corrected chi connectivity index (χ0v) is 21.5. The molecule has 0 aromatic heterocycles. The van der Waals surface area contributed by atoms with Gasteiger partial charge in [-0.2, -0.15) is 0 Å². The lowest BCUT2D eigenvalue weighted by molar-refractivity contribution is -0.189. The van der Waals surface area contributed by atoms with Crippen molar-refractivity contribution in [3.05, 3.63) is 71.8 Å². The molecule has 2 heterocycles. The maximum absolute atomic E-state index is 13.7. The van der Waals surface area contributed by atoms with Gasteiger partial charge in [-0.15, -0.1) is 0 Å². The largest absolute Gasteiger partial charge is 0.337 e. The first-order valence-electron chi connectivity index (χ1n) is 12.9. The molecule has 2 aromatic carbocycles. The Morgan fingerprint density at radius 1 is 1.00 bits per heavy atom. The molecule has 2 aromatic rings. The topological polar surface area (TPSA) is 76.2 Å². The van der Waals surface area contributed by atoms with E-state index in [2.05, 4.69) is 19.2 Å². The minimum Gasteiger partial charge on any atom is -0.337 e. The van der Waals surface area contributed by atoms with Crippen molar-refractivity contribution in [3.8, 4) is 0 Å². The zero-order chi connectivity index (χ0) is 25.7. The van der Waals surface area contributed by atoms with Gasteiger partial charge in [0.15, 0.2) is 0 Å². The summed E-state index contributed by atoms with van der Waals surface area (Å²) in [6, 6.07) is 18.6. The monoisotopic (exact) mass is 491 g/mol. The van der Waals surface area contributed by atoms with E-state index in [1.54, 1.807) is 14.9 Å². The standard InChI is InChI=1S/C28H37N5O3/c1-4-31-20-26(34)32-24(17-22-11-7-5-8-12-22)27(35)30(16-15-21(2)3)19-25(32)33(31)28(36)29-18-23-13-9-6-10-14-23/h5-14,21,24-25H,4,15-20H2,1-3H3,(H,29,36)/t24-,25-/m0/s1. The van der Waals surface area contributed by atoms with Crippen LogP contribution in [0.5, 0.6) is 0 Å². The lowest BCUT2D eigenvalue weighted by Gasteiger charge is -2.55. The van der Waals surface area contributed by atoms with Gasteiger partial charge in [-0.25, -0.2) is 14.8 Å². The van der Waals surface area contributed by atoms with Crippen molar-refractivity contribution in [2.24, 2.45) is 5.92 Å². The van der Waals surface area contributed by atoms with Crippen molar-refractivity contribution in [3.63, 3.8) is 0 Å². The highest BCUT2D eigenvalue weighted by Crippen LogP contribution is 2.28. The first-order valence-corrected chi connectivity index (χ1v) is 12.9. The lowest BCUT2D eigenvalue weighted by Crippen LogP contribution is -2.76. The molecule has 0 saturated carbocycles. The number of piperazine rings is 1. The van der Waals surface area contributed by atoms with Gasteiger partial charge in [0.2, 0.25) is 11.8 Å². The van der Waals surface area contributed by atoms with Crippen LogP contribution in [0.3, 0.4) is 0 Å². The lowest BCUT2D eigenvalue weighted by atomic mass is 9.98. The van der Waals surface area contributed by atoms with E-state index in [1.807, 2.05) is 72.5 Å². The SMILES string of the molecule is CCN1CC(=O)N2[C@@H](Cc3ccccc3)C(=O)N(CCC(C)C)C[C@@H]2N1C(=O)NCc1ccccc1. The molecule has 0 spiro atoms. The van der Waals surface area contributed by atoms with Gasteiger partial charge < -0.3 is 15.1 Å². The van der Waals surface area contributed by atoms with Crippen molar-refractivity contribution in [1.82, 2.24) is 25.1 Å². The van der Waals surface area contributed by atoms with Gasteiger partial charge in [0.05, 0.1) is 13.1 Å². The van der Waals surface area contributed by atoms with Crippen molar-refractivity contribution in [2.45, 2.75) is 52.4 Å². The summed E-state index contributed by atoms with van der Waals surface area (Å²) in [5, 5.41) is 6.48. The predicted molar refractivity (Wildman–Crippen MR) is 138 cm³/mol. The van der Waals surface area contributed by atoms with E-state index in [-0.39, 0.29) is 24.4 Å². The molecule has 2 aliphatic rings.